The molecule has 14 heavy (non-hydrogen) atoms. The Balaban J connectivity index is 2.42. The summed E-state index contributed by atoms with van der Waals surface area (Å²) in [5, 5.41) is 9.87. The third-order valence-electron chi connectivity index (χ3n) is 2.92. The number of hydrogen-bond donors (Lipinski definition) is 1. The molecule has 0 atom stereocenters. The summed E-state index contributed by atoms with van der Waals surface area (Å²) >= 11 is 3.60. The van der Waals surface area contributed by atoms with Crippen molar-refractivity contribution >= 4 is 15.9 Å². The number of rotatable bonds is 5. The Kier molecular flexibility index (Phi) is 5.38. The van der Waals surface area contributed by atoms with Crippen molar-refractivity contribution in [3.05, 3.63) is 0 Å². The van der Waals surface area contributed by atoms with E-state index in [0.29, 0.717) is 5.41 Å². The number of ether oxygens (including phenoxy) is 1. The van der Waals surface area contributed by atoms with Crippen LogP contribution in [0.4, 0.5) is 0 Å². The molecule has 1 saturated heterocycles. The minimum absolute atomic E-state index is 0.241. The first-order chi connectivity index (χ1) is 6.72. The molecule has 0 unspecified atom stereocenters. The van der Waals surface area contributed by atoms with Gasteiger partial charge in [0, 0.05) is 31.6 Å². The number of likely N-dealkylation sites (N-methyl/N-ethyl adjacent to an activating group) is 1. The zero-order valence-electron chi connectivity index (χ0n) is 8.84. The van der Waals surface area contributed by atoms with Crippen LogP contribution in [0.2, 0.25) is 0 Å². The minimum Gasteiger partial charge on any atom is -0.395 e. The predicted molar refractivity (Wildman–Crippen MR) is 60.9 cm³/mol. The molecule has 84 valence electrons. The molecule has 0 amide bonds. The number of aliphatic hydroxyl groups excluding tert-OH is 1. The van der Waals surface area contributed by atoms with E-state index >= 15 is 0 Å². The summed E-state index contributed by atoms with van der Waals surface area (Å²) in [6.45, 7) is 3.79. The predicted octanol–water partition coefficient (Wildman–Crippen LogP) is 1.10. The van der Waals surface area contributed by atoms with Gasteiger partial charge in [-0.25, -0.2) is 0 Å². The van der Waals surface area contributed by atoms with Gasteiger partial charge in [-0.3, -0.25) is 0 Å². The Labute approximate surface area is 94.6 Å². The molecule has 0 aliphatic carbocycles. The summed E-state index contributed by atoms with van der Waals surface area (Å²) in [4.78, 5) is 2.20. The quantitative estimate of drug-likeness (QED) is 0.756. The van der Waals surface area contributed by atoms with Crippen LogP contribution in [0, 0.1) is 5.41 Å². The van der Waals surface area contributed by atoms with Gasteiger partial charge in [0.2, 0.25) is 0 Å². The van der Waals surface area contributed by atoms with Crippen molar-refractivity contribution in [2.24, 2.45) is 5.41 Å². The largest absolute Gasteiger partial charge is 0.395 e. The van der Waals surface area contributed by atoms with Gasteiger partial charge in [0.1, 0.15) is 0 Å². The second-order valence-corrected chi connectivity index (χ2v) is 4.77. The maximum absolute atomic E-state index is 8.84. The molecule has 1 aliphatic rings. The van der Waals surface area contributed by atoms with Gasteiger partial charge in [0.15, 0.2) is 0 Å². The summed E-state index contributed by atoms with van der Waals surface area (Å²) in [6, 6.07) is 0. The molecule has 1 fully saturated rings. The van der Waals surface area contributed by atoms with Gasteiger partial charge in [-0.05, 0) is 25.3 Å². The molecule has 1 N–H and O–H groups in total. The molecular formula is C10H20BrNO2. The van der Waals surface area contributed by atoms with Crippen molar-refractivity contribution in [3.8, 4) is 0 Å². The SMILES string of the molecule is CN(CCO)CC1(CBr)CCOCC1. The van der Waals surface area contributed by atoms with E-state index in [9.17, 15) is 0 Å². The van der Waals surface area contributed by atoms with Crippen molar-refractivity contribution in [1.29, 1.82) is 0 Å². The van der Waals surface area contributed by atoms with Crippen LogP contribution in [0.25, 0.3) is 0 Å². The Morgan fingerprint density at radius 1 is 1.43 bits per heavy atom. The first-order valence-corrected chi connectivity index (χ1v) is 6.28. The van der Waals surface area contributed by atoms with E-state index in [1.807, 2.05) is 0 Å². The van der Waals surface area contributed by atoms with Gasteiger partial charge in [-0.15, -0.1) is 0 Å². The lowest BCUT2D eigenvalue weighted by molar-refractivity contribution is 0.0102. The smallest absolute Gasteiger partial charge is 0.0558 e. The molecule has 0 bridgehead atoms. The molecule has 0 aromatic carbocycles. The Morgan fingerprint density at radius 2 is 2.07 bits per heavy atom. The van der Waals surface area contributed by atoms with Gasteiger partial charge in [0.25, 0.3) is 0 Å². The fraction of sp³-hybridized carbons (Fsp3) is 1.00. The zero-order chi connectivity index (χ0) is 10.4. The van der Waals surface area contributed by atoms with Crippen LogP contribution in [0.1, 0.15) is 12.8 Å². The fourth-order valence-corrected chi connectivity index (χ4v) is 2.70. The van der Waals surface area contributed by atoms with Crippen LogP contribution < -0.4 is 0 Å². The van der Waals surface area contributed by atoms with Crippen LogP contribution in [0.3, 0.4) is 0 Å². The highest BCUT2D eigenvalue weighted by molar-refractivity contribution is 9.09. The van der Waals surface area contributed by atoms with Crippen molar-refractivity contribution in [1.82, 2.24) is 4.90 Å². The Bertz CT molecular complexity index is 160. The van der Waals surface area contributed by atoms with E-state index in [1.54, 1.807) is 0 Å². The summed E-state index contributed by atoms with van der Waals surface area (Å²) < 4.78 is 5.38. The summed E-state index contributed by atoms with van der Waals surface area (Å²) in [6.07, 6.45) is 2.24. The van der Waals surface area contributed by atoms with Gasteiger partial charge in [-0.2, -0.15) is 0 Å². The maximum Gasteiger partial charge on any atom is 0.0558 e. The van der Waals surface area contributed by atoms with Gasteiger partial charge in [-0.1, -0.05) is 15.9 Å². The molecule has 0 aromatic heterocycles. The van der Waals surface area contributed by atoms with Gasteiger partial charge in [0.05, 0.1) is 6.61 Å². The zero-order valence-corrected chi connectivity index (χ0v) is 10.4. The minimum atomic E-state index is 0.241. The topological polar surface area (TPSA) is 32.7 Å². The summed E-state index contributed by atoms with van der Waals surface area (Å²) in [5.74, 6) is 0. The highest BCUT2D eigenvalue weighted by Gasteiger charge is 2.32. The second kappa shape index (κ2) is 6.05. The standard InChI is InChI=1S/C10H20BrNO2/c1-12(4-5-13)9-10(8-11)2-6-14-7-3-10/h13H,2-9H2,1H3. The van der Waals surface area contributed by atoms with E-state index in [0.717, 1.165) is 44.5 Å². The van der Waals surface area contributed by atoms with Crippen LogP contribution in [0.5, 0.6) is 0 Å². The molecule has 0 aromatic rings. The molecule has 0 saturated carbocycles. The average Bonchev–Trinajstić information content (AvgIpc) is 2.19. The Morgan fingerprint density at radius 3 is 2.57 bits per heavy atom. The molecule has 4 heteroatoms. The van der Waals surface area contributed by atoms with Crippen LogP contribution in [0.15, 0.2) is 0 Å². The van der Waals surface area contributed by atoms with Crippen LogP contribution in [-0.2, 0) is 4.74 Å². The Hall–Kier alpha value is 0.360. The van der Waals surface area contributed by atoms with Crippen molar-refractivity contribution in [2.45, 2.75) is 12.8 Å². The average molecular weight is 266 g/mol. The number of aliphatic hydroxyl groups is 1. The maximum atomic E-state index is 8.84. The van der Waals surface area contributed by atoms with E-state index in [1.165, 1.54) is 0 Å². The monoisotopic (exact) mass is 265 g/mol. The number of hydrogen-bond acceptors (Lipinski definition) is 3. The van der Waals surface area contributed by atoms with Crippen LogP contribution in [-0.4, -0.2) is 55.3 Å². The van der Waals surface area contributed by atoms with Crippen molar-refractivity contribution in [2.75, 3.05) is 45.3 Å². The third-order valence-corrected chi connectivity index (χ3v) is 4.11. The highest BCUT2D eigenvalue weighted by atomic mass is 79.9. The number of alkyl halides is 1. The number of halogens is 1. The molecule has 3 nitrogen and oxygen atoms in total. The third kappa shape index (κ3) is 3.50. The lowest BCUT2D eigenvalue weighted by Crippen LogP contribution is -2.42. The molecular weight excluding hydrogens is 246 g/mol. The molecule has 0 spiro atoms. The van der Waals surface area contributed by atoms with E-state index in [-0.39, 0.29) is 6.61 Å². The first kappa shape index (κ1) is 12.4. The van der Waals surface area contributed by atoms with E-state index in [4.69, 9.17) is 9.84 Å². The summed E-state index contributed by atoms with van der Waals surface area (Å²) in [5.41, 5.74) is 0.349. The first-order valence-electron chi connectivity index (χ1n) is 5.15. The summed E-state index contributed by atoms with van der Waals surface area (Å²) in [7, 11) is 2.07. The number of nitrogens with zero attached hydrogens (tertiary/aromatic N) is 1. The molecule has 1 rings (SSSR count). The van der Waals surface area contributed by atoms with E-state index in [2.05, 4.69) is 27.9 Å². The molecule has 1 aliphatic heterocycles. The molecule has 1 heterocycles. The fourth-order valence-electron chi connectivity index (χ4n) is 1.96. The van der Waals surface area contributed by atoms with Gasteiger partial charge < -0.3 is 14.7 Å². The second-order valence-electron chi connectivity index (χ2n) is 4.21. The normalized spacial score (nSPS) is 21.4. The lowest BCUT2D eigenvalue weighted by atomic mass is 9.82. The van der Waals surface area contributed by atoms with Crippen LogP contribution >= 0.6 is 15.9 Å². The van der Waals surface area contributed by atoms with E-state index < -0.39 is 0 Å². The highest BCUT2D eigenvalue weighted by Crippen LogP contribution is 2.33. The van der Waals surface area contributed by atoms with Gasteiger partial charge >= 0.3 is 0 Å². The lowest BCUT2D eigenvalue weighted by Gasteiger charge is -2.38. The molecule has 0 radical (unpaired) electrons. The van der Waals surface area contributed by atoms with Crippen molar-refractivity contribution in [3.63, 3.8) is 0 Å². The van der Waals surface area contributed by atoms with Crippen molar-refractivity contribution < 1.29 is 9.84 Å².